The molecule has 0 atom stereocenters. The molecule has 6 heteroatoms. The number of anilines is 1. The van der Waals surface area contributed by atoms with E-state index in [2.05, 4.69) is 9.97 Å². The van der Waals surface area contributed by atoms with E-state index in [1.54, 1.807) is 24.5 Å². The molecule has 0 spiro atoms. The minimum atomic E-state index is -0.971. The number of nitrogens with zero attached hydrogens (tertiary/aromatic N) is 3. The molecule has 0 amide bonds. The van der Waals surface area contributed by atoms with E-state index >= 15 is 0 Å². The van der Waals surface area contributed by atoms with Gasteiger partial charge in [-0.05, 0) is 30.3 Å². The normalized spacial score (nSPS) is 10.7. The Morgan fingerprint density at radius 2 is 2.19 bits per heavy atom. The van der Waals surface area contributed by atoms with Crippen molar-refractivity contribution in [2.75, 3.05) is 11.9 Å². The molecule has 0 unspecified atom stereocenters. The molecule has 0 radical (unpaired) electrons. The van der Waals surface area contributed by atoms with Gasteiger partial charge in [0.1, 0.15) is 17.9 Å². The molecule has 1 N–H and O–H groups in total. The van der Waals surface area contributed by atoms with E-state index in [4.69, 9.17) is 9.52 Å². The van der Waals surface area contributed by atoms with E-state index in [0.717, 1.165) is 17.0 Å². The molecule has 0 saturated carbocycles. The lowest BCUT2D eigenvalue weighted by Crippen LogP contribution is -2.17. The van der Waals surface area contributed by atoms with Gasteiger partial charge in [-0.25, -0.2) is 14.8 Å². The molecule has 3 rings (SSSR count). The molecule has 3 aromatic rings. The van der Waals surface area contributed by atoms with Crippen LogP contribution in [0.1, 0.15) is 16.1 Å². The number of carboxylic acid groups (broad SMARTS) is 1. The van der Waals surface area contributed by atoms with Crippen LogP contribution in [0.3, 0.4) is 0 Å². The summed E-state index contributed by atoms with van der Waals surface area (Å²) in [5.74, 6) is 0.584. The quantitative estimate of drug-likeness (QED) is 0.792. The van der Waals surface area contributed by atoms with Gasteiger partial charge in [-0.3, -0.25) is 0 Å². The van der Waals surface area contributed by atoms with Crippen LogP contribution in [-0.2, 0) is 6.54 Å². The minimum absolute atomic E-state index is 0.209. The molecule has 106 valence electrons. The predicted octanol–water partition coefficient (Wildman–Crippen LogP) is 2.56. The largest absolute Gasteiger partial charge is 0.478 e. The summed E-state index contributed by atoms with van der Waals surface area (Å²) in [4.78, 5) is 21.4. The van der Waals surface area contributed by atoms with Gasteiger partial charge in [0.05, 0.1) is 23.9 Å². The summed E-state index contributed by atoms with van der Waals surface area (Å²) in [6, 6.07) is 8.55. The Morgan fingerprint density at radius 1 is 1.33 bits per heavy atom. The van der Waals surface area contributed by atoms with E-state index in [1.807, 2.05) is 24.1 Å². The Hall–Kier alpha value is -2.89. The average Bonchev–Trinajstić information content (AvgIpc) is 2.98. The molecule has 0 fully saturated rings. The monoisotopic (exact) mass is 283 g/mol. The second kappa shape index (κ2) is 5.24. The molecule has 0 saturated heterocycles. The van der Waals surface area contributed by atoms with Crippen molar-refractivity contribution < 1.29 is 14.3 Å². The smallest absolute Gasteiger partial charge is 0.335 e. The van der Waals surface area contributed by atoms with Crippen LogP contribution in [0.15, 0.2) is 47.3 Å². The summed E-state index contributed by atoms with van der Waals surface area (Å²) in [6.07, 6.45) is 3.06. The fourth-order valence-electron chi connectivity index (χ4n) is 2.19. The first-order valence-corrected chi connectivity index (χ1v) is 6.37. The maximum absolute atomic E-state index is 11.0. The van der Waals surface area contributed by atoms with Crippen molar-refractivity contribution in [2.24, 2.45) is 0 Å². The summed E-state index contributed by atoms with van der Waals surface area (Å²) >= 11 is 0. The van der Waals surface area contributed by atoms with Crippen LogP contribution in [-0.4, -0.2) is 28.1 Å². The van der Waals surface area contributed by atoms with E-state index in [-0.39, 0.29) is 5.56 Å². The number of carboxylic acids is 1. The molecule has 0 aliphatic rings. The molecular formula is C15H13N3O3. The SMILES string of the molecule is CN(Cc1ccco1)c1ncnc2cc(C(=O)O)ccc12. The first-order valence-electron chi connectivity index (χ1n) is 6.37. The molecule has 6 nitrogen and oxygen atoms in total. The summed E-state index contributed by atoms with van der Waals surface area (Å²) in [6.45, 7) is 0.569. The van der Waals surface area contributed by atoms with Gasteiger partial charge in [0.25, 0.3) is 0 Å². The highest BCUT2D eigenvalue weighted by Crippen LogP contribution is 2.24. The molecular weight excluding hydrogens is 270 g/mol. The van der Waals surface area contributed by atoms with Gasteiger partial charge in [0, 0.05) is 12.4 Å². The number of benzene rings is 1. The standard InChI is InChI=1S/C15H13N3O3/c1-18(8-11-3-2-6-21-11)14-12-5-4-10(15(19)20)7-13(12)16-9-17-14/h2-7,9H,8H2,1H3,(H,19,20). The zero-order chi connectivity index (χ0) is 14.8. The fraction of sp³-hybridized carbons (Fsp3) is 0.133. The van der Waals surface area contributed by atoms with Crippen LogP contribution in [0.4, 0.5) is 5.82 Å². The molecule has 2 heterocycles. The number of fused-ring (bicyclic) bond motifs is 1. The van der Waals surface area contributed by atoms with E-state index in [1.165, 1.54) is 6.33 Å². The van der Waals surface area contributed by atoms with Crippen LogP contribution in [0.2, 0.25) is 0 Å². The number of rotatable bonds is 4. The predicted molar refractivity (Wildman–Crippen MR) is 77.3 cm³/mol. The molecule has 21 heavy (non-hydrogen) atoms. The summed E-state index contributed by atoms with van der Waals surface area (Å²) in [5, 5.41) is 9.83. The van der Waals surface area contributed by atoms with Crippen LogP contribution >= 0.6 is 0 Å². The maximum Gasteiger partial charge on any atom is 0.335 e. The van der Waals surface area contributed by atoms with Gasteiger partial charge in [0.15, 0.2) is 0 Å². The highest BCUT2D eigenvalue weighted by atomic mass is 16.4. The first-order chi connectivity index (χ1) is 10.1. The lowest BCUT2D eigenvalue weighted by Gasteiger charge is -2.18. The lowest BCUT2D eigenvalue weighted by molar-refractivity contribution is 0.0697. The van der Waals surface area contributed by atoms with Crippen molar-refractivity contribution in [1.82, 2.24) is 9.97 Å². The van der Waals surface area contributed by atoms with Crippen LogP contribution in [0.25, 0.3) is 10.9 Å². The average molecular weight is 283 g/mol. The van der Waals surface area contributed by atoms with Gasteiger partial charge in [0.2, 0.25) is 0 Å². The highest BCUT2D eigenvalue weighted by Gasteiger charge is 2.12. The summed E-state index contributed by atoms with van der Waals surface area (Å²) in [7, 11) is 1.90. The third-order valence-electron chi connectivity index (χ3n) is 3.20. The zero-order valence-corrected chi connectivity index (χ0v) is 11.4. The lowest BCUT2D eigenvalue weighted by atomic mass is 10.1. The van der Waals surface area contributed by atoms with Gasteiger partial charge in [-0.15, -0.1) is 0 Å². The van der Waals surface area contributed by atoms with Crippen molar-refractivity contribution in [3.63, 3.8) is 0 Å². The second-order valence-electron chi connectivity index (χ2n) is 4.67. The Bertz CT molecular complexity index is 784. The fourth-order valence-corrected chi connectivity index (χ4v) is 2.19. The number of hydrogen-bond donors (Lipinski definition) is 1. The second-order valence-corrected chi connectivity index (χ2v) is 4.67. The van der Waals surface area contributed by atoms with Gasteiger partial charge in [-0.1, -0.05) is 0 Å². The number of furan rings is 1. The van der Waals surface area contributed by atoms with Gasteiger partial charge in [-0.2, -0.15) is 0 Å². The van der Waals surface area contributed by atoms with Crippen molar-refractivity contribution >= 4 is 22.7 Å². The van der Waals surface area contributed by atoms with Crippen molar-refractivity contribution in [3.8, 4) is 0 Å². The number of aromatic carboxylic acids is 1. The Kier molecular flexibility index (Phi) is 3.27. The Labute approximate surface area is 120 Å². The zero-order valence-electron chi connectivity index (χ0n) is 11.4. The van der Waals surface area contributed by atoms with Crippen LogP contribution in [0, 0.1) is 0 Å². The Balaban J connectivity index is 2.00. The van der Waals surface area contributed by atoms with E-state index < -0.39 is 5.97 Å². The number of aromatic nitrogens is 2. The van der Waals surface area contributed by atoms with E-state index in [9.17, 15) is 4.79 Å². The third-order valence-corrected chi connectivity index (χ3v) is 3.20. The van der Waals surface area contributed by atoms with Crippen LogP contribution in [0.5, 0.6) is 0 Å². The van der Waals surface area contributed by atoms with Gasteiger partial charge < -0.3 is 14.4 Å². The van der Waals surface area contributed by atoms with Crippen molar-refractivity contribution in [2.45, 2.75) is 6.54 Å². The molecule has 2 aromatic heterocycles. The minimum Gasteiger partial charge on any atom is -0.478 e. The molecule has 0 aliphatic heterocycles. The molecule has 0 aliphatic carbocycles. The number of carbonyl (C=O) groups is 1. The molecule has 0 bridgehead atoms. The van der Waals surface area contributed by atoms with Crippen LogP contribution < -0.4 is 4.90 Å². The first kappa shape index (κ1) is 13.1. The van der Waals surface area contributed by atoms with Crippen molar-refractivity contribution in [3.05, 3.63) is 54.2 Å². The van der Waals surface area contributed by atoms with E-state index in [0.29, 0.717) is 12.1 Å². The van der Waals surface area contributed by atoms with Gasteiger partial charge >= 0.3 is 5.97 Å². The van der Waals surface area contributed by atoms with Crippen molar-refractivity contribution in [1.29, 1.82) is 0 Å². The highest BCUT2D eigenvalue weighted by molar-refractivity contribution is 5.96. The molecule has 1 aromatic carbocycles. The summed E-state index contributed by atoms with van der Waals surface area (Å²) in [5.41, 5.74) is 0.812. The topological polar surface area (TPSA) is 79.5 Å². The number of hydrogen-bond acceptors (Lipinski definition) is 5. The maximum atomic E-state index is 11.0. The third kappa shape index (κ3) is 2.55. The summed E-state index contributed by atoms with van der Waals surface area (Å²) < 4.78 is 5.33. The Morgan fingerprint density at radius 3 is 2.90 bits per heavy atom.